The van der Waals surface area contributed by atoms with Crippen molar-refractivity contribution in [3.8, 4) is 5.75 Å². The standard InChI is InChI=1S/C7H7ClO4S/c1-12-7-3-2-5(4-6(7)8)13(9,10)11/h2-4H,1H3,(H,9,10,11). The molecular weight excluding hydrogens is 216 g/mol. The molecule has 6 heteroatoms. The molecule has 0 aliphatic heterocycles. The zero-order chi connectivity index (χ0) is 10.1. The van der Waals surface area contributed by atoms with Gasteiger partial charge in [0, 0.05) is 0 Å². The first-order chi connectivity index (χ1) is 5.95. The molecule has 0 saturated carbocycles. The summed E-state index contributed by atoms with van der Waals surface area (Å²) in [5.74, 6) is 0.356. The lowest BCUT2D eigenvalue weighted by Gasteiger charge is -2.03. The molecule has 0 unspecified atom stereocenters. The Kier molecular flexibility index (Phi) is 2.80. The van der Waals surface area contributed by atoms with Crippen molar-refractivity contribution in [2.75, 3.05) is 7.11 Å². The zero-order valence-electron chi connectivity index (χ0n) is 6.69. The van der Waals surface area contributed by atoms with Crippen LogP contribution < -0.4 is 4.74 Å². The van der Waals surface area contributed by atoms with Gasteiger partial charge in [0.25, 0.3) is 10.1 Å². The average Bonchev–Trinajstić information content (AvgIpc) is 2.02. The normalized spacial score (nSPS) is 11.3. The van der Waals surface area contributed by atoms with E-state index < -0.39 is 10.1 Å². The van der Waals surface area contributed by atoms with Crippen LogP contribution in [0.3, 0.4) is 0 Å². The molecule has 0 aromatic heterocycles. The zero-order valence-corrected chi connectivity index (χ0v) is 8.26. The first-order valence-electron chi connectivity index (χ1n) is 3.26. The fourth-order valence-electron chi connectivity index (χ4n) is 0.808. The van der Waals surface area contributed by atoms with E-state index in [0.717, 1.165) is 6.07 Å². The molecule has 1 aromatic rings. The van der Waals surface area contributed by atoms with Crippen LogP contribution in [0.4, 0.5) is 0 Å². The highest BCUT2D eigenvalue weighted by Gasteiger charge is 2.11. The number of ether oxygens (including phenoxy) is 1. The van der Waals surface area contributed by atoms with Gasteiger partial charge in [0.2, 0.25) is 0 Å². The highest BCUT2D eigenvalue weighted by molar-refractivity contribution is 7.85. The summed E-state index contributed by atoms with van der Waals surface area (Å²) < 4.78 is 34.7. The van der Waals surface area contributed by atoms with Gasteiger partial charge in [-0.1, -0.05) is 11.6 Å². The Labute approximate surface area is 80.8 Å². The van der Waals surface area contributed by atoms with E-state index >= 15 is 0 Å². The summed E-state index contributed by atoms with van der Waals surface area (Å²) >= 11 is 5.64. The summed E-state index contributed by atoms with van der Waals surface area (Å²) in [6.07, 6.45) is 0. The lowest BCUT2D eigenvalue weighted by Crippen LogP contribution is -1.98. The van der Waals surface area contributed by atoms with E-state index in [1.165, 1.54) is 19.2 Å². The topological polar surface area (TPSA) is 63.6 Å². The SMILES string of the molecule is COc1ccc(S(=O)(=O)O)cc1Cl. The summed E-state index contributed by atoms with van der Waals surface area (Å²) in [6.45, 7) is 0. The minimum atomic E-state index is -4.19. The van der Waals surface area contributed by atoms with Crippen LogP contribution in [0.2, 0.25) is 5.02 Å². The molecule has 4 nitrogen and oxygen atoms in total. The lowest BCUT2D eigenvalue weighted by atomic mass is 10.3. The predicted molar refractivity (Wildman–Crippen MR) is 47.8 cm³/mol. The van der Waals surface area contributed by atoms with Crippen molar-refractivity contribution in [2.45, 2.75) is 4.90 Å². The number of halogens is 1. The summed E-state index contributed by atoms with van der Waals surface area (Å²) in [6, 6.07) is 3.70. The second-order valence-corrected chi connectivity index (χ2v) is 4.10. The van der Waals surface area contributed by atoms with Crippen molar-refractivity contribution in [3.63, 3.8) is 0 Å². The maximum absolute atomic E-state index is 10.6. The van der Waals surface area contributed by atoms with Crippen LogP contribution in [0.15, 0.2) is 23.1 Å². The molecule has 0 heterocycles. The van der Waals surface area contributed by atoms with Gasteiger partial charge in [0.1, 0.15) is 5.75 Å². The Morgan fingerprint density at radius 1 is 1.46 bits per heavy atom. The van der Waals surface area contributed by atoms with Crippen molar-refractivity contribution < 1.29 is 17.7 Å². The molecule has 0 bridgehead atoms. The molecule has 0 fully saturated rings. The molecule has 0 aliphatic carbocycles. The second kappa shape index (κ2) is 3.53. The van der Waals surface area contributed by atoms with Gasteiger partial charge in [-0.3, -0.25) is 4.55 Å². The van der Waals surface area contributed by atoms with Gasteiger partial charge in [-0.05, 0) is 18.2 Å². The van der Waals surface area contributed by atoms with Crippen molar-refractivity contribution in [1.82, 2.24) is 0 Å². The summed E-state index contributed by atoms with van der Waals surface area (Å²) in [5, 5.41) is 0.137. The fraction of sp³-hybridized carbons (Fsp3) is 0.143. The molecular formula is C7H7ClO4S. The number of hydrogen-bond acceptors (Lipinski definition) is 3. The summed E-state index contributed by atoms with van der Waals surface area (Å²) in [7, 11) is -2.78. The molecule has 72 valence electrons. The molecule has 1 N–H and O–H groups in total. The number of hydrogen-bond donors (Lipinski definition) is 1. The maximum atomic E-state index is 10.6. The van der Waals surface area contributed by atoms with E-state index in [1.807, 2.05) is 0 Å². The van der Waals surface area contributed by atoms with E-state index in [9.17, 15) is 8.42 Å². The van der Waals surface area contributed by atoms with Crippen LogP contribution >= 0.6 is 11.6 Å². The van der Waals surface area contributed by atoms with E-state index in [1.54, 1.807) is 0 Å². The van der Waals surface area contributed by atoms with E-state index in [4.69, 9.17) is 20.9 Å². The van der Waals surface area contributed by atoms with Crippen LogP contribution in [0.25, 0.3) is 0 Å². The Balaban J connectivity index is 3.26. The lowest BCUT2D eigenvalue weighted by molar-refractivity contribution is 0.414. The van der Waals surface area contributed by atoms with Gasteiger partial charge in [0.05, 0.1) is 17.0 Å². The van der Waals surface area contributed by atoms with Crippen molar-refractivity contribution in [3.05, 3.63) is 23.2 Å². The maximum Gasteiger partial charge on any atom is 0.294 e. The molecule has 0 atom stereocenters. The summed E-state index contributed by atoms with van der Waals surface area (Å²) in [4.78, 5) is -0.252. The third kappa shape index (κ3) is 2.33. The smallest absolute Gasteiger partial charge is 0.294 e. The average molecular weight is 223 g/mol. The number of benzene rings is 1. The minimum absolute atomic E-state index is 0.137. The highest BCUT2D eigenvalue weighted by atomic mass is 35.5. The first kappa shape index (κ1) is 10.3. The summed E-state index contributed by atoms with van der Waals surface area (Å²) in [5.41, 5.74) is 0. The number of methoxy groups -OCH3 is 1. The van der Waals surface area contributed by atoms with Crippen LogP contribution in [-0.4, -0.2) is 20.1 Å². The highest BCUT2D eigenvalue weighted by Crippen LogP contribution is 2.26. The van der Waals surface area contributed by atoms with Crippen molar-refractivity contribution in [1.29, 1.82) is 0 Å². The van der Waals surface area contributed by atoms with E-state index in [0.29, 0.717) is 5.75 Å². The van der Waals surface area contributed by atoms with Gasteiger partial charge < -0.3 is 4.74 Å². The molecule has 0 radical (unpaired) electrons. The van der Waals surface area contributed by atoms with Crippen molar-refractivity contribution in [2.24, 2.45) is 0 Å². The van der Waals surface area contributed by atoms with Gasteiger partial charge in [-0.25, -0.2) is 0 Å². The third-order valence-corrected chi connectivity index (χ3v) is 2.57. The van der Waals surface area contributed by atoms with Crippen LogP contribution in [-0.2, 0) is 10.1 Å². The predicted octanol–water partition coefficient (Wildman–Crippen LogP) is 1.60. The quantitative estimate of drug-likeness (QED) is 0.772. The largest absolute Gasteiger partial charge is 0.495 e. The van der Waals surface area contributed by atoms with E-state index in [2.05, 4.69) is 0 Å². The van der Waals surface area contributed by atoms with E-state index in [-0.39, 0.29) is 9.92 Å². The van der Waals surface area contributed by atoms with Gasteiger partial charge in [-0.2, -0.15) is 8.42 Å². The van der Waals surface area contributed by atoms with Crippen LogP contribution in [0.5, 0.6) is 5.75 Å². The molecule has 0 saturated heterocycles. The van der Waals surface area contributed by atoms with Crippen LogP contribution in [0.1, 0.15) is 0 Å². The van der Waals surface area contributed by atoms with Gasteiger partial charge in [0.15, 0.2) is 0 Å². The molecule has 13 heavy (non-hydrogen) atoms. The number of rotatable bonds is 2. The Bertz CT molecular complexity index is 413. The third-order valence-electron chi connectivity index (χ3n) is 1.42. The fourth-order valence-corrected chi connectivity index (χ4v) is 1.64. The van der Waals surface area contributed by atoms with Crippen LogP contribution in [0, 0.1) is 0 Å². The monoisotopic (exact) mass is 222 g/mol. The molecule has 0 amide bonds. The second-order valence-electron chi connectivity index (χ2n) is 2.27. The van der Waals surface area contributed by atoms with Crippen molar-refractivity contribution >= 4 is 21.7 Å². The first-order valence-corrected chi connectivity index (χ1v) is 5.08. The molecule has 0 spiro atoms. The molecule has 1 aromatic carbocycles. The van der Waals surface area contributed by atoms with Gasteiger partial charge >= 0.3 is 0 Å². The molecule has 1 rings (SSSR count). The van der Waals surface area contributed by atoms with Gasteiger partial charge in [-0.15, -0.1) is 0 Å². The Morgan fingerprint density at radius 2 is 2.08 bits per heavy atom. The Morgan fingerprint density at radius 3 is 2.46 bits per heavy atom. The molecule has 0 aliphatic rings. The Hall–Kier alpha value is -0.780. The minimum Gasteiger partial charge on any atom is -0.495 e.